The molecule has 1 aromatic carbocycles. The van der Waals surface area contributed by atoms with Gasteiger partial charge in [0.1, 0.15) is 0 Å². The summed E-state index contributed by atoms with van der Waals surface area (Å²) in [5, 5.41) is 0. The van der Waals surface area contributed by atoms with Crippen LogP contribution in [-0.4, -0.2) is 6.04 Å². The van der Waals surface area contributed by atoms with Gasteiger partial charge in [-0.3, -0.25) is 0 Å². The van der Waals surface area contributed by atoms with Gasteiger partial charge in [-0.25, -0.2) is 0 Å². The summed E-state index contributed by atoms with van der Waals surface area (Å²) in [5.41, 5.74) is 11.0. The van der Waals surface area contributed by atoms with Gasteiger partial charge in [0.2, 0.25) is 0 Å². The first kappa shape index (κ1) is 13.8. The Morgan fingerprint density at radius 2 is 1.57 bits per heavy atom. The Morgan fingerprint density at radius 3 is 2.14 bits per heavy atom. The predicted molar refractivity (Wildman–Crippen MR) is 88.1 cm³/mol. The molecule has 114 valence electrons. The molecule has 0 aromatic heterocycles. The first-order valence-electron chi connectivity index (χ1n) is 8.92. The summed E-state index contributed by atoms with van der Waals surface area (Å²) in [6.45, 7) is 4.41. The van der Waals surface area contributed by atoms with Crippen LogP contribution in [0.2, 0.25) is 0 Å². The quantitative estimate of drug-likeness (QED) is 0.882. The molecule has 4 fully saturated rings. The van der Waals surface area contributed by atoms with E-state index in [2.05, 4.69) is 32.0 Å². The van der Waals surface area contributed by atoms with Crippen LogP contribution in [0.5, 0.6) is 0 Å². The zero-order valence-electron chi connectivity index (χ0n) is 13.5. The zero-order valence-corrected chi connectivity index (χ0v) is 13.5. The SMILES string of the molecule is Cc1ccc(CC(N)C2C3CC4CC(C3)CC2C4)cc1C. The van der Waals surface area contributed by atoms with Crippen LogP contribution in [0.15, 0.2) is 18.2 Å². The number of hydrogen-bond donors (Lipinski definition) is 1. The Morgan fingerprint density at radius 1 is 0.952 bits per heavy atom. The van der Waals surface area contributed by atoms with Crippen molar-refractivity contribution >= 4 is 0 Å². The van der Waals surface area contributed by atoms with Crippen LogP contribution >= 0.6 is 0 Å². The van der Waals surface area contributed by atoms with Gasteiger partial charge in [-0.2, -0.15) is 0 Å². The fourth-order valence-corrected chi connectivity index (χ4v) is 6.01. The number of nitrogens with two attached hydrogens (primary N) is 1. The summed E-state index contributed by atoms with van der Waals surface area (Å²) >= 11 is 0. The molecule has 4 saturated carbocycles. The first-order valence-corrected chi connectivity index (χ1v) is 8.92. The number of aryl methyl sites for hydroxylation is 2. The second kappa shape index (κ2) is 5.12. The Bertz CT molecular complexity index is 505. The lowest BCUT2D eigenvalue weighted by atomic mass is 9.50. The van der Waals surface area contributed by atoms with E-state index in [-0.39, 0.29) is 0 Å². The molecule has 0 amide bonds. The lowest BCUT2D eigenvalue weighted by molar-refractivity contribution is -0.0464. The van der Waals surface area contributed by atoms with E-state index in [1.807, 2.05) is 0 Å². The number of benzene rings is 1. The predicted octanol–water partition coefficient (Wildman–Crippen LogP) is 4.25. The van der Waals surface area contributed by atoms with Crippen molar-refractivity contribution in [3.8, 4) is 0 Å². The fraction of sp³-hybridized carbons (Fsp3) is 0.700. The van der Waals surface area contributed by atoms with Gasteiger partial charge >= 0.3 is 0 Å². The minimum Gasteiger partial charge on any atom is -0.327 e. The van der Waals surface area contributed by atoms with Crippen LogP contribution in [-0.2, 0) is 6.42 Å². The molecule has 1 atom stereocenters. The Hall–Kier alpha value is -0.820. The van der Waals surface area contributed by atoms with Crippen molar-refractivity contribution in [1.82, 2.24) is 0 Å². The van der Waals surface area contributed by atoms with Crippen molar-refractivity contribution in [2.75, 3.05) is 0 Å². The maximum Gasteiger partial charge on any atom is 0.0113 e. The standard InChI is InChI=1S/C20H29N/c1-12-3-4-14(5-13(12)2)11-19(21)20-17-7-15-6-16(9-17)10-18(20)8-15/h3-5,15-20H,6-11,21H2,1-2H3. The summed E-state index contributed by atoms with van der Waals surface area (Å²) in [7, 11) is 0. The van der Waals surface area contributed by atoms with Crippen LogP contribution in [0.1, 0.15) is 48.8 Å². The molecule has 0 spiro atoms. The Kier molecular flexibility index (Phi) is 3.37. The van der Waals surface area contributed by atoms with E-state index in [0.29, 0.717) is 6.04 Å². The van der Waals surface area contributed by atoms with E-state index in [0.717, 1.165) is 36.0 Å². The number of hydrogen-bond acceptors (Lipinski definition) is 1. The monoisotopic (exact) mass is 283 g/mol. The number of rotatable bonds is 3. The molecule has 5 rings (SSSR count). The average molecular weight is 283 g/mol. The van der Waals surface area contributed by atoms with Crippen molar-refractivity contribution in [3.63, 3.8) is 0 Å². The zero-order chi connectivity index (χ0) is 14.6. The largest absolute Gasteiger partial charge is 0.327 e. The van der Waals surface area contributed by atoms with Crippen LogP contribution < -0.4 is 5.73 Å². The average Bonchev–Trinajstić information content (AvgIpc) is 2.41. The molecular formula is C20H29N. The Labute approximate surface area is 129 Å². The molecule has 0 aliphatic heterocycles. The highest BCUT2D eigenvalue weighted by Gasteiger charge is 2.49. The van der Waals surface area contributed by atoms with E-state index >= 15 is 0 Å². The van der Waals surface area contributed by atoms with E-state index in [9.17, 15) is 0 Å². The second-order valence-electron chi connectivity index (χ2n) is 8.29. The highest BCUT2D eigenvalue weighted by atomic mass is 14.7. The molecule has 4 aliphatic carbocycles. The summed E-state index contributed by atoms with van der Waals surface area (Å²) in [4.78, 5) is 0. The van der Waals surface area contributed by atoms with Crippen LogP contribution in [0, 0.1) is 43.4 Å². The molecule has 0 radical (unpaired) electrons. The minimum atomic E-state index is 0.377. The van der Waals surface area contributed by atoms with Gasteiger partial charge in [0.15, 0.2) is 0 Å². The van der Waals surface area contributed by atoms with Gasteiger partial charge in [0, 0.05) is 6.04 Å². The van der Waals surface area contributed by atoms with Crippen LogP contribution in [0.3, 0.4) is 0 Å². The molecule has 0 heterocycles. The summed E-state index contributed by atoms with van der Waals surface area (Å²) in [6, 6.07) is 7.28. The third-order valence-electron chi connectivity index (χ3n) is 6.84. The highest BCUT2D eigenvalue weighted by Crippen LogP contribution is 2.57. The molecular weight excluding hydrogens is 254 g/mol. The van der Waals surface area contributed by atoms with Crippen molar-refractivity contribution in [3.05, 3.63) is 34.9 Å². The summed E-state index contributed by atoms with van der Waals surface area (Å²) in [5.74, 6) is 4.81. The molecule has 0 saturated heterocycles. The molecule has 1 unspecified atom stereocenters. The molecule has 21 heavy (non-hydrogen) atoms. The van der Waals surface area contributed by atoms with E-state index in [1.165, 1.54) is 48.8 Å². The minimum absolute atomic E-state index is 0.377. The molecule has 2 N–H and O–H groups in total. The maximum atomic E-state index is 6.72. The fourth-order valence-electron chi connectivity index (χ4n) is 6.01. The van der Waals surface area contributed by atoms with Gasteiger partial charge in [0.05, 0.1) is 0 Å². The molecule has 4 bridgehead atoms. The smallest absolute Gasteiger partial charge is 0.0113 e. The lowest BCUT2D eigenvalue weighted by Crippen LogP contribution is -2.52. The normalized spacial score (nSPS) is 38.7. The third-order valence-corrected chi connectivity index (χ3v) is 6.84. The Balaban J connectivity index is 1.49. The first-order chi connectivity index (χ1) is 10.1. The van der Waals surface area contributed by atoms with Crippen LogP contribution in [0.4, 0.5) is 0 Å². The third kappa shape index (κ3) is 2.44. The molecule has 1 aromatic rings. The van der Waals surface area contributed by atoms with Crippen molar-refractivity contribution in [2.24, 2.45) is 35.3 Å². The van der Waals surface area contributed by atoms with Gasteiger partial charge in [-0.1, -0.05) is 18.2 Å². The van der Waals surface area contributed by atoms with Crippen molar-refractivity contribution < 1.29 is 0 Å². The molecule has 1 nitrogen and oxygen atoms in total. The van der Waals surface area contributed by atoms with Crippen LogP contribution in [0.25, 0.3) is 0 Å². The summed E-state index contributed by atoms with van der Waals surface area (Å²) in [6.07, 6.45) is 8.55. The van der Waals surface area contributed by atoms with E-state index < -0.39 is 0 Å². The van der Waals surface area contributed by atoms with Gasteiger partial charge in [-0.05, 0) is 98.7 Å². The van der Waals surface area contributed by atoms with Crippen molar-refractivity contribution in [2.45, 2.75) is 58.4 Å². The molecule has 1 heteroatoms. The molecule has 4 aliphatic rings. The second-order valence-corrected chi connectivity index (χ2v) is 8.29. The van der Waals surface area contributed by atoms with E-state index in [4.69, 9.17) is 5.73 Å². The van der Waals surface area contributed by atoms with Gasteiger partial charge < -0.3 is 5.73 Å². The van der Waals surface area contributed by atoms with Gasteiger partial charge in [-0.15, -0.1) is 0 Å². The van der Waals surface area contributed by atoms with Crippen molar-refractivity contribution in [1.29, 1.82) is 0 Å². The topological polar surface area (TPSA) is 26.0 Å². The lowest BCUT2D eigenvalue weighted by Gasteiger charge is -2.56. The summed E-state index contributed by atoms with van der Waals surface area (Å²) < 4.78 is 0. The maximum absolute atomic E-state index is 6.72. The highest BCUT2D eigenvalue weighted by molar-refractivity contribution is 5.30. The van der Waals surface area contributed by atoms with E-state index in [1.54, 1.807) is 0 Å². The van der Waals surface area contributed by atoms with Gasteiger partial charge in [0.25, 0.3) is 0 Å².